The van der Waals surface area contributed by atoms with Gasteiger partial charge in [-0.2, -0.15) is 0 Å². The predicted octanol–water partition coefficient (Wildman–Crippen LogP) is 3.66. The van der Waals surface area contributed by atoms with E-state index in [0.717, 1.165) is 5.56 Å². The summed E-state index contributed by atoms with van der Waals surface area (Å²) < 4.78 is 0. The lowest BCUT2D eigenvalue weighted by Gasteiger charge is -1.95. The van der Waals surface area contributed by atoms with Gasteiger partial charge < -0.3 is 5.11 Å². The lowest BCUT2D eigenvalue weighted by Crippen LogP contribution is -1.88. The standard InChI is InChI=1S/C7H7NO3.2C2H6/c1-5-2-3-6(8(10)11)7(9)4-5;2*1-2/h2-4,9H,1H3;2*1-2H3. The van der Waals surface area contributed by atoms with Crippen LogP contribution in [0.1, 0.15) is 33.3 Å². The number of hydrogen-bond donors (Lipinski definition) is 1. The van der Waals surface area contributed by atoms with Gasteiger partial charge in [-0.25, -0.2) is 0 Å². The first kappa shape index (κ1) is 15.9. The van der Waals surface area contributed by atoms with E-state index in [-0.39, 0.29) is 11.4 Å². The topological polar surface area (TPSA) is 63.4 Å². The fraction of sp³-hybridized carbons (Fsp3) is 0.455. The van der Waals surface area contributed by atoms with Crippen molar-refractivity contribution in [1.82, 2.24) is 0 Å². The van der Waals surface area contributed by atoms with Crippen LogP contribution in [0.3, 0.4) is 0 Å². The van der Waals surface area contributed by atoms with Gasteiger partial charge in [-0.3, -0.25) is 10.1 Å². The van der Waals surface area contributed by atoms with Crippen molar-refractivity contribution >= 4 is 5.69 Å². The third kappa shape index (κ3) is 5.67. The van der Waals surface area contributed by atoms with Crippen molar-refractivity contribution < 1.29 is 10.0 Å². The van der Waals surface area contributed by atoms with Crippen molar-refractivity contribution in [2.24, 2.45) is 0 Å². The quantitative estimate of drug-likeness (QED) is 0.572. The van der Waals surface area contributed by atoms with Gasteiger partial charge in [0, 0.05) is 6.07 Å². The number of rotatable bonds is 1. The lowest BCUT2D eigenvalue weighted by atomic mass is 10.2. The smallest absolute Gasteiger partial charge is 0.310 e. The van der Waals surface area contributed by atoms with Crippen LogP contribution in [0, 0.1) is 17.0 Å². The largest absolute Gasteiger partial charge is 0.502 e. The fourth-order valence-corrected chi connectivity index (χ4v) is 0.788. The molecule has 0 aliphatic rings. The van der Waals surface area contributed by atoms with Crippen LogP contribution in [0.5, 0.6) is 5.75 Å². The number of nitrogens with zero attached hydrogens (tertiary/aromatic N) is 1. The molecule has 1 rings (SSSR count). The summed E-state index contributed by atoms with van der Waals surface area (Å²) in [5, 5.41) is 19.2. The molecule has 0 spiro atoms. The zero-order chi connectivity index (χ0) is 12.4. The minimum Gasteiger partial charge on any atom is -0.502 e. The summed E-state index contributed by atoms with van der Waals surface area (Å²) in [7, 11) is 0. The number of nitro groups is 1. The molecule has 0 radical (unpaired) electrons. The molecule has 0 unspecified atom stereocenters. The Morgan fingerprint density at radius 3 is 2.00 bits per heavy atom. The third-order valence-corrected chi connectivity index (χ3v) is 1.33. The summed E-state index contributed by atoms with van der Waals surface area (Å²) in [6.07, 6.45) is 0. The first-order valence-electron chi connectivity index (χ1n) is 5.05. The highest BCUT2D eigenvalue weighted by Crippen LogP contribution is 2.25. The molecule has 1 aromatic rings. The molecule has 1 aromatic carbocycles. The number of phenols is 1. The number of nitro benzene ring substituents is 1. The number of aryl methyl sites for hydroxylation is 1. The second-order valence-corrected chi connectivity index (χ2v) is 2.25. The molecule has 0 saturated carbocycles. The SMILES string of the molecule is CC.CC.Cc1ccc([N+](=O)[O-])c(O)c1. The lowest BCUT2D eigenvalue weighted by molar-refractivity contribution is -0.385. The Morgan fingerprint density at radius 1 is 1.20 bits per heavy atom. The average molecular weight is 213 g/mol. The molecule has 0 heterocycles. The Hall–Kier alpha value is -1.58. The van der Waals surface area contributed by atoms with Gasteiger partial charge in [0.1, 0.15) is 0 Å². The fourth-order valence-electron chi connectivity index (χ4n) is 0.788. The molecule has 0 atom stereocenters. The molecule has 0 aliphatic heterocycles. The van der Waals surface area contributed by atoms with E-state index in [4.69, 9.17) is 5.11 Å². The van der Waals surface area contributed by atoms with Crippen molar-refractivity contribution in [2.45, 2.75) is 34.6 Å². The van der Waals surface area contributed by atoms with Crippen molar-refractivity contribution in [3.63, 3.8) is 0 Å². The van der Waals surface area contributed by atoms with Crippen LogP contribution in [-0.4, -0.2) is 10.0 Å². The molecule has 0 aliphatic carbocycles. The first-order valence-corrected chi connectivity index (χ1v) is 5.05. The van der Waals surface area contributed by atoms with Gasteiger partial charge in [-0.1, -0.05) is 33.8 Å². The van der Waals surface area contributed by atoms with Crippen LogP contribution < -0.4 is 0 Å². The van der Waals surface area contributed by atoms with Gasteiger partial charge in [0.2, 0.25) is 0 Å². The maximum atomic E-state index is 10.2. The van der Waals surface area contributed by atoms with E-state index in [1.54, 1.807) is 13.0 Å². The summed E-state index contributed by atoms with van der Waals surface area (Å²) in [5.41, 5.74) is 0.545. The van der Waals surface area contributed by atoms with E-state index < -0.39 is 4.92 Å². The Morgan fingerprint density at radius 2 is 1.67 bits per heavy atom. The van der Waals surface area contributed by atoms with Gasteiger partial charge in [0.25, 0.3) is 0 Å². The highest BCUT2D eigenvalue weighted by atomic mass is 16.6. The van der Waals surface area contributed by atoms with Gasteiger partial charge in [0.05, 0.1) is 4.92 Å². The van der Waals surface area contributed by atoms with Crippen LogP contribution in [0.25, 0.3) is 0 Å². The normalized spacial score (nSPS) is 7.80. The van der Waals surface area contributed by atoms with Gasteiger partial charge in [0.15, 0.2) is 5.75 Å². The van der Waals surface area contributed by atoms with E-state index >= 15 is 0 Å². The Bertz CT molecular complexity index is 298. The van der Waals surface area contributed by atoms with Crippen molar-refractivity contribution in [2.75, 3.05) is 0 Å². The van der Waals surface area contributed by atoms with Crippen LogP contribution in [-0.2, 0) is 0 Å². The van der Waals surface area contributed by atoms with Gasteiger partial charge in [-0.15, -0.1) is 0 Å². The van der Waals surface area contributed by atoms with E-state index in [0.29, 0.717) is 0 Å². The van der Waals surface area contributed by atoms with E-state index in [1.165, 1.54) is 12.1 Å². The molecular formula is C11H19NO3. The predicted molar refractivity (Wildman–Crippen MR) is 62.2 cm³/mol. The number of benzene rings is 1. The molecule has 0 aromatic heterocycles. The molecule has 4 heteroatoms. The monoisotopic (exact) mass is 213 g/mol. The van der Waals surface area contributed by atoms with Gasteiger partial charge in [-0.05, 0) is 18.6 Å². The van der Waals surface area contributed by atoms with Crippen molar-refractivity contribution in [3.05, 3.63) is 33.9 Å². The summed E-state index contributed by atoms with van der Waals surface area (Å²) in [6, 6.07) is 4.22. The van der Waals surface area contributed by atoms with Crippen molar-refractivity contribution in [1.29, 1.82) is 0 Å². The summed E-state index contributed by atoms with van der Waals surface area (Å²) >= 11 is 0. The van der Waals surface area contributed by atoms with Crippen molar-refractivity contribution in [3.8, 4) is 5.75 Å². The Kier molecular flexibility index (Phi) is 9.52. The second kappa shape index (κ2) is 8.99. The minimum absolute atomic E-state index is 0.254. The van der Waals surface area contributed by atoms with Crippen LogP contribution in [0.2, 0.25) is 0 Å². The molecule has 86 valence electrons. The number of aromatic hydroxyl groups is 1. The first-order chi connectivity index (χ1) is 7.11. The maximum absolute atomic E-state index is 10.2. The zero-order valence-electron chi connectivity index (χ0n) is 9.94. The van der Waals surface area contributed by atoms with E-state index in [9.17, 15) is 10.1 Å². The minimum atomic E-state index is -0.616. The number of hydrogen-bond acceptors (Lipinski definition) is 3. The molecule has 0 amide bonds. The second-order valence-electron chi connectivity index (χ2n) is 2.25. The molecule has 0 fully saturated rings. The van der Waals surface area contributed by atoms with Gasteiger partial charge >= 0.3 is 5.69 Å². The van der Waals surface area contributed by atoms with Crippen LogP contribution in [0.4, 0.5) is 5.69 Å². The maximum Gasteiger partial charge on any atom is 0.310 e. The molecule has 0 saturated heterocycles. The zero-order valence-corrected chi connectivity index (χ0v) is 9.94. The Labute approximate surface area is 90.7 Å². The molecule has 15 heavy (non-hydrogen) atoms. The third-order valence-electron chi connectivity index (χ3n) is 1.33. The van der Waals surface area contributed by atoms with E-state index in [1.807, 2.05) is 27.7 Å². The highest BCUT2D eigenvalue weighted by Gasteiger charge is 2.10. The average Bonchev–Trinajstić information content (AvgIpc) is 2.23. The molecule has 0 bridgehead atoms. The molecular weight excluding hydrogens is 194 g/mol. The molecule has 1 N–H and O–H groups in total. The summed E-state index contributed by atoms with van der Waals surface area (Å²) in [6.45, 7) is 9.75. The highest BCUT2D eigenvalue weighted by molar-refractivity contribution is 5.46. The number of phenolic OH excluding ortho intramolecular Hbond substituents is 1. The summed E-state index contributed by atoms with van der Waals surface area (Å²) in [4.78, 5) is 9.56. The Balaban J connectivity index is 0. The summed E-state index contributed by atoms with van der Waals surface area (Å²) in [5.74, 6) is -0.282. The van der Waals surface area contributed by atoms with Crippen LogP contribution >= 0.6 is 0 Å². The van der Waals surface area contributed by atoms with E-state index in [2.05, 4.69) is 0 Å². The molecule has 4 nitrogen and oxygen atoms in total. The van der Waals surface area contributed by atoms with Crippen LogP contribution in [0.15, 0.2) is 18.2 Å².